The van der Waals surface area contributed by atoms with Crippen molar-refractivity contribution in [3.63, 3.8) is 0 Å². The lowest BCUT2D eigenvalue weighted by molar-refractivity contribution is 0.465. The van der Waals surface area contributed by atoms with Gasteiger partial charge >= 0.3 is 0 Å². The summed E-state index contributed by atoms with van der Waals surface area (Å²) in [7, 11) is 0. The second-order valence-electron chi connectivity index (χ2n) is 6.59. The summed E-state index contributed by atoms with van der Waals surface area (Å²) >= 11 is 9.43. The second-order valence-corrected chi connectivity index (χ2v) is 7.85. The van der Waals surface area contributed by atoms with Crippen molar-refractivity contribution in [2.45, 2.75) is 6.54 Å². The number of nitrogens with one attached hydrogen (secondary N) is 2. The van der Waals surface area contributed by atoms with Gasteiger partial charge in [-0.2, -0.15) is 5.26 Å². The van der Waals surface area contributed by atoms with Crippen LogP contribution < -0.4 is 10.6 Å². The Morgan fingerprint density at radius 1 is 1.16 bits per heavy atom. The molecule has 0 atom stereocenters. The number of rotatable bonds is 5. The minimum atomic E-state index is -0.528. The Morgan fingerprint density at radius 2 is 2.00 bits per heavy atom. The molecule has 2 heterocycles. The molecule has 0 fully saturated rings. The van der Waals surface area contributed by atoms with Gasteiger partial charge in [-0.15, -0.1) is 0 Å². The summed E-state index contributed by atoms with van der Waals surface area (Å²) in [5.41, 5.74) is 3.23. The summed E-state index contributed by atoms with van der Waals surface area (Å²) in [6.45, 7) is 0.298. The first kappa shape index (κ1) is 20.8. The number of aromatic nitrogens is 2. The smallest absolute Gasteiger partial charge is 0.141 e. The standard InChI is InChI=1S/C22H14BrClFN5O/c23-16-7-14(28-11-19-20(31)2-1-5-27-19)6-15-21(12(9-26)10-29-22(15)16)30-13-3-4-18(25)17(24)8-13/h1-8,10,28,31H,11H2,(H,29,30). The maximum absolute atomic E-state index is 13.5. The molecule has 0 aliphatic rings. The van der Waals surface area contributed by atoms with Crippen molar-refractivity contribution in [3.8, 4) is 11.8 Å². The molecule has 6 nitrogen and oxygen atoms in total. The molecule has 0 aliphatic heterocycles. The van der Waals surface area contributed by atoms with Crippen LogP contribution in [-0.4, -0.2) is 15.1 Å². The zero-order valence-corrected chi connectivity index (χ0v) is 18.2. The number of halogens is 3. The molecule has 3 N–H and O–H groups in total. The average molecular weight is 499 g/mol. The molecule has 0 unspecified atom stereocenters. The summed E-state index contributed by atoms with van der Waals surface area (Å²) in [6, 6.07) is 13.3. The van der Waals surface area contributed by atoms with E-state index in [4.69, 9.17) is 11.6 Å². The van der Waals surface area contributed by atoms with Crippen molar-refractivity contribution in [2.24, 2.45) is 0 Å². The highest BCUT2D eigenvalue weighted by Gasteiger charge is 2.14. The Morgan fingerprint density at radius 3 is 2.74 bits per heavy atom. The molecule has 0 spiro atoms. The van der Waals surface area contributed by atoms with Crippen LogP contribution >= 0.6 is 27.5 Å². The highest BCUT2D eigenvalue weighted by Crippen LogP contribution is 2.35. The number of benzene rings is 2. The van der Waals surface area contributed by atoms with E-state index in [2.05, 4.69) is 42.6 Å². The van der Waals surface area contributed by atoms with E-state index < -0.39 is 5.82 Å². The van der Waals surface area contributed by atoms with E-state index in [1.807, 2.05) is 12.1 Å². The molecule has 0 saturated carbocycles. The first-order valence-corrected chi connectivity index (χ1v) is 10.2. The van der Waals surface area contributed by atoms with Gasteiger partial charge in [-0.1, -0.05) is 11.6 Å². The molecule has 2 aromatic carbocycles. The van der Waals surface area contributed by atoms with Gasteiger partial charge in [0.15, 0.2) is 0 Å². The van der Waals surface area contributed by atoms with Gasteiger partial charge in [-0.05, 0) is 58.4 Å². The topological polar surface area (TPSA) is 93.9 Å². The van der Waals surface area contributed by atoms with Gasteiger partial charge in [0.2, 0.25) is 0 Å². The van der Waals surface area contributed by atoms with E-state index >= 15 is 0 Å². The minimum absolute atomic E-state index is 0.0272. The summed E-state index contributed by atoms with van der Waals surface area (Å²) in [5.74, 6) is -0.432. The Bertz CT molecular complexity index is 1340. The van der Waals surface area contributed by atoms with Crippen molar-refractivity contribution < 1.29 is 9.50 Å². The molecule has 0 aliphatic carbocycles. The Balaban J connectivity index is 1.76. The minimum Gasteiger partial charge on any atom is -0.506 e. The van der Waals surface area contributed by atoms with Crippen molar-refractivity contribution in [1.82, 2.24) is 9.97 Å². The maximum Gasteiger partial charge on any atom is 0.141 e. The van der Waals surface area contributed by atoms with Gasteiger partial charge in [-0.25, -0.2) is 4.39 Å². The van der Waals surface area contributed by atoms with E-state index in [9.17, 15) is 14.8 Å². The number of hydrogen-bond donors (Lipinski definition) is 3. The van der Waals surface area contributed by atoms with Gasteiger partial charge in [0.05, 0.1) is 28.3 Å². The van der Waals surface area contributed by atoms with Gasteiger partial charge in [-0.3, -0.25) is 9.97 Å². The van der Waals surface area contributed by atoms with Crippen LogP contribution in [0.2, 0.25) is 5.02 Å². The molecule has 9 heteroatoms. The molecule has 0 saturated heterocycles. The fourth-order valence-corrected chi connectivity index (χ4v) is 3.79. The van der Waals surface area contributed by atoms with Crippen LogP contribution in [0.4, 0.5) is 21.5 Å². The van der Waals surface area contributed by atoms with E-state index in [0.29, 0.717) is 44.6 Å². The monoisotopic (exact) mass is 497 g/mol. The first-order chi connectivity index (χ1) is 15.0. The Hall–Kier alpha value is -3.41. The number of pyridine rings is 2. The third-order valence-electron chi connectivity index (χ3n) is 4.56. The molecular formula is C22H14BrClFN5O. The molecule has 0 bridgehead atoms. The van der Waals surface area contributed by atoms with Crippen LogP contribution in [-0.2, 0) is 6.54 Å². The zero-order chi connectivity index (χ0) is 22.0. The quantitative estimate of drug-likeness (QED) is 0.307. The largest absolute Gasteiger partial charge is 0.506 e. The van der Waals surface area contributed by atoms with Crippen molar-refractivity contribution in [2.75, 3.05) is 10.6 Å². The zero-order valence-electron chi connectivity index (χ0n) is 15.8. The van der Waals surface area contributed by atoms with Crippen LogP contribution in [0.5, 0.6) is 5.75 Å². The molecule has 4 aromatic rings. The molecule has 0 radical (unpaired) electrons. The summed E-state index contributed by atoms with van der Waals surface area (Å²) in [6.07, 6.45) is 3.07. The lowest BCUT2D eigenvalue weighted by atomic mass is 10.1. The number of nitrogens with zero attached hydrogens (tertiary/aromatic N) is 3. The van der Waals surface area contributed by atoms with Crippen LogP contribution in [0.3, 0.4) is 0 Å². The Labute approximate surface area is 190 Å². The molecule has 154 valence electrons. The number of nitriles is 1. The fourth-order valence-electron chi connectivity index (χ4n) is 3.05. The van der Waals surface area contributed by atoms with Gasteiger partial charge in [0.25, 0.3) is 0 Å². The molecule has 4 rings (SSSR count). The van der Waals surface area contributed by atoms with Crippen LogP contribution in [0.15, 0.2) is 59.3 Å². The maximum atomic E-state index is 13.5. The molecule has 0 amide bonds. The third kappa shape index (κ3) is 4.38. The predicted octanol–water partition coefficient (Wildman–Crippen LogP) is 6.12. The summed E-state index contributed by atoms with van der Waals surface area (Å²) in [5, 5.41) is 26.5. The lowest BCUT2D eigenvalue weighted by Crippen LogP contribution is -2.03. The van der Waals surface area contributed by atoms with E-state index in [1.165, 1.54) is 24.4 Å². The number of hydrogen-bond acceptors (Lipinski definition) is 6. The van der Waals surface area contributed by atoms with Crippen molar-refractivity contribution in [3.05, 3.63) is 81.4 Å². The predicted molar refractivity (Wildman–Crippen MR) is 122 cm³/mol. The van der Waals surface area contributed by atoms with Gasteiger partial charge < -0.3 is 15.7 Å². The van der Waals surface area contributed by atoms with Crippen LogP contribution in [0.25, 0.3) is 10.9 Å². The average Bonchev–Trinajstić information content (AvgIpc) is 2.76. The number of aromatic hydroxyl groups is 1. The second kappa shape index (κ2) is 8.76. The normalized spacial score (nSPS) is 10.6. The van der Waals surface area contributed by atoms with Crippen LogP contribution in [0.1, 0.15) is 11.3 Å². The fraction of sp³-hybridized carbons (Fsp3) is 0.0455. The molecular weight excluding hydrogens is 485 g/mol. The number of fused-ring (bicyclic) bond motifs is 1. The van der Waals surface area contributed by atoms with Gasteiger partial charge in [0, 0.05) is 33.6 Å². The van der Waals surface area contributed by atoms with Gasteiger partial charge in [0.1, 0.15) is 23.3 Å². The summed E-state index contributed by atoms with van der Waals surface area (Å²) in [4.78, 5) is 8.54. The third-order valence-corrected chi connectivity index (χ3v) is 5.45. The molecule has 31 heavy (non-hydrogen) atoms. The van der Waals surface area contributed by atoms with E-state index in [0.717, 1.165) is 5.69 Å². The van der Waals surface area contributed by atoms with E-state index in [1.54, 1.807) is 18.3 Å². The SMILES string of the molecule is N#Cc1cnc2c(Br)cc(NCc3ncccc3O)cc2c1Nc1ccc(F)c(Cl)c1. The summed E-state index contributed by atoms with van der Waals surface area (Å²) < 4.78 is 14.2. The van der Waals surface area contributed by atoms with Crippen molar-refractivity contribution >= 4 is 55.5 Å². The van der Waals surface area contributed by atoms with E-state index in [-0.39, 0.29) is 10.8 Å². The van der Waals surface area contributed by atoms with Crippen LogP contribution in [0, 0.1) is 17.1 Å². The lowest BCUT2D eigenvalue weighted by Gasteiger charge is -2.15. The number of anilines is 3. The van der Waals surface area contributed by atoms with Crippen molar-refractivity contribution in [1.29, 1.82) is 5.26 Å². The Kier molecular flexibility index (Phi) is 5.89. The first-order valence-electron chi connectivity index (χ1n) is 9.07. The highest BCUT2D eigenvalue weighted by atomic mass is 79.9. The molecule has 2 aromatic heterocycles. The highest BCUT2D eigenvalue weighted by molar-refractivity contribution is 9.10.